The van der Waals surface area contributed by atoms with Crippen molar-refractivity contribution in [3.05, 3.63) is 49.1 Å². The van der Waals surface area contributed by atoms with Crippen molar-refractivity contribution in [1.29, 1.82) is 0 Å². The number of ether oxygens (including phenoxy) is 2. The fourth-order valence-electron chi connectivity index (χ4n) is 1.78. The van der Waals surface area contributed by atoms with Crippen LogP contribution in [0.4, 0.5) is 0 Å². The van der Waals surface area contributed by atoms with Crippen LogP contribution in [-0.2, 0) is 0 Å². The Morgan fingerprint density at radius 2 is 1.57 bits per heavy atom. The lowest BCUT2D eigenvalue weighted by Gasteiger charge is -2.12. The van der Waals surface area contributed by atoms with Crippen molar-refractivity contribution in [1.82, 2.24) is 0 Å². The number of rotatable bonds is 5. The van der Waals surface area contributed by atoms with Crippen LogP contribution in [0.5, 0.6) is 17.2 Å². The summed E-state index contributed by atoms with van der Waals surface area (Å²) in [7, 11) is 1.63. The molecule has 3 nitrogen and oxygen atoms in total. The van der Waals surface area contributed by atoms with Gasteiger partial charge in [0.15, 0.2) is 11.5 Å². The Bertz CT molecular complexity index is 628. The Kier molecular flexibility index (Phi) is 5.86. The third kappa shape index (κ3) is 4.09. The Hall–Kier alpha value is -0.830. The van der Waals surface area contributed by atoms with Crippen LogP contribution in [0.15, 0.2) is 36.4 Å². The molecule has 0 fully saturated rings. The second kappa shape index (κ2) is 7.44. The highest BCUT2D eigenvalue weighted by atomic mass is 127. The average molecular weight is 508 g/mol. The van der Waals surface area contributed by atoms with Crippen molar-refractivity contribution in [3.63, 3.8) is 0 Å². The molecule has 2 aromatic rings. The van der Waals surface area contributed by atoms with Gasteiger partial charge in [0.05, 0.1) is 14.3 Å². The summed E-state index contributed by atoms with van der Waals surface area (Å²) in [5.41, 5.74) is 0.730. The van der Waals surface area contributed by atoms with Gasteiger partial charge < -0.3 is 9.47 Å². The van der Waals surface area contributed by atoms with E-state index in [-0.39, 0.29) is 5.78 Å². The van der Waals surface area contributed by atoms with E-state index >= 15 is 0 Å². The Morgan fingerprint density at radius 1 is 1.05 bits per heavy atom. The summed E-state index contributed by atoms with van der Waals surface area (Å²) < 4.78 is 12.9. The summed E-state index contributed by atoms with van der Waals surface area (Å²) in [5.74, 6) is 2.44. The van der Waals surface area contributed by atoms with Crippen molar-refractivity contribution in [2.24, 2.45) is 0 Å². The highest BCUT2D eigenvalue weighted by Crippen LogP contribution is 2.33. The SMILES string of the molecule is CCC(=O)c1cc(I)c(Oc2ccc(OC)cc2)c(I)c1. The number of halogens is 2. The zero-order valence-corrected chi connectivity index (χ0v) is 16.0. The monoisotopic (exact) mass is 508 g/mol. The normalized spacial score (nSPS) is 10.3. The van der Waals surface area contributed by atoms with Gasteiger partial charge in [0.2, 0.25) is 0 Å². The fourth-order valence-corrected chi connectivity index (χ4v) is 3.77. The Labute approximate surface area is 151 Å². The molecule has 0 aliphatic rings. The largest absolute Gasteiger partial charge is 0.497 e. The first kappa shape index (κ1) is 16.5. The van der Waals surface area contributed by atoms with Crippen molar-refractivity contribution < 1.29 is 14.3 Å². The van der Waals surface area contributed by atoms with Gasteiger partial charge in [0, 0.05) is 12.0 Å². The number of carbonyl (C=O) groups excluding carboxylic acids is 1. The molecule has 0 aromatic heterocycles. The van der Waals surface area contributed by atoms with Crippen LogP contribution in [0.1, 0.15) is 23.7 Å². The van der Waals surface area contributed by atoms with E-state index in [1.54, 1.807) is 7.11 Å². The molecular formula is C16H14I2O3. The first-order valence-electron chi connectivity index (χ1n) is 6.39. The molecule has 2 aromatic carbocycles. The van der Waals surface area contributed by atoms with Crippen LogP contribution in [-0.4, -0.2) is 12.9 Å². The van der Waals surface area contributed by atoms with Gasteiger partial charge in [-0.05, 0) is 81.6 Å². The molecule has 0 heterocycles. The maximum absolute atomic E-state index is 11.8. The molecule has 0 spiro atoms. The number of Topliss-reactive ketones (excluding diaryl/α,β-unsaturated/α-hetero) is 1. The summed E-state index contributed by atoms with van der Waals surface area (Å²) in [6.45, 7) is 1.86. The van der Waals surface area contributed by atoms with Crippen LogP contribution in [0.2, 0.25) is 0 Å². The zero-order valence-electron chi connectivity index (χ0n) is 11.7. The summed E-state index contributed by atoms with van der Waals surface area (Å²) >= 11 is 4.39. The standard InChI is InChI=1S/C16H14I2O3/c1-3-15(19)10-8-13(17)16(14(18)9-10)21-12-6-4-11(20-2)5-7-12/h4-9H,3H2,1-2H3. The van der Waals surface area contributed by atoms with Gasteiger partial charge in [-0.25, -0.2) is 0 Å². The van der Waals surface area contributed by atoms with E-state index in [0.29, 0.717) is 6.42 Å². The van der Waals surface area contributed by atoms with Crippen LogP contribution in [0, 0.1) is 7.14 Å². The summed E-state index contributed by atoms with van der Waals surface area (Å²) in [5, 5.41) is 0. The van der Waals surface area contributed by atoms with E-state index < -0.39 is 0 Å². The highest BCUT2D eigenvalue weighted by molar-refractivity contribution is 14.1. The molecule has 0 N–H and O–H groups in total. The molecule has 0 aliphatic heterocycles. The van der Waals surface area contributed by atoms with Gasteiger partial charge in [0.1, 0.15) is 11.5 Å². The zero-order chi connectivity index (χ0) is 15.4. The third-order valence-corrected chi connectivity index (χ3v) is 4.52. The van der Waals surface area contributed by atoms with E-state index in [1.807, 2.05) is 43.3 Å². The quantitative estimate of drug-likeness (QED) is 0.407. The molecule has 0 aliphatic carbocycles. The van der Waals surface area contributed by atoms with Crippen LogP contribution < -0.4 is 9.47 Å². The number of ketones is 1. The minimum absolute atomic E-state index is 0.141. The maximum Gasteiger partial charge on any atom is 0.162 e. The van der Waals surface area contributed by atoms with Crippen LogP contribution in [0.25, 0.3) is 0 Å². The lowest BCUT2D eigenvalue weighted by Crippen LogP contribution is -2.00. The van der Waals surface area contributed by atoms with Gasteiger partial charge >= 0.3 is 0 Å². The molecule has 110 valence electrons. The van der Waals surface area contributed by atoms with Gasteiger partial charge in [-0.2, -0.15) is 0 Å². The molecule has 2 rings (SSSR count). The van der Waals surface area contributed by atoms with Crippen molar-refractivity contribution in [3.8, 4) is 17.2 Å². The first-order valence-corrected chi connectivity index (χ1v) is 8.55. The fraction of sp³-hybridized carbons (Fsp3) is 0.188. The molecule has 0 atom stereocenters. The van der Waals surface area contributed by atoms with E-state index in [4.69, 9.17) is 9.47 Å². The number of carbonyl (C=O) groups is 1. The van der Waals surface area contributed by atoms with Crippen LogP contribution in [0.3, 0.4) is 0 Å². The van der Waals surface area contributed by atoms with E-state index in [2.05, 4.69) is 45.2 Å². The topological polar surface area (TPSA) is 35.5 Å². The molecule has 0 radical (unpaired) electrons. The lowest BCUT2D eigenvalue weighted by molar-refractivity contribution is 0.0988. The van der Waals surface area contributed by atoms with Gasteiger partial charge in [-0.15, -0.1) is 0 Å². The van der Waals surface area contributed by atoms with Gasteiger partial charge in [0.25, 0.3) is 0 Å². The van der Waals surface area contributed by atoms with E-state index in [9.17, 15) is 4.79 Å². The van der Waals surface area contributed by atoms with Crippen LogP contribution >= 0.6 is 45.2 Å². The molecule has 0 saturated heterocycles. The predicted octanol–water partition coefficient (Wildman–Crippen LogP) is 5.29. The molecule has 0 bridgehead atoms. The third-order valence-electron chi connectivity index (χ3n) is 2.92. The second-order valence-corrected chi connectivity index (χ2v) is 6.65. The second-order valence-electron chi connectivity index (χ2n) is 4.32. The maximum atomic E-state index is 11.8. The van der Waals surface area contributed by atoms with Crippen molar-refractivity contribution in [2.45, 2.75) is 13.3 Å². The highest BCUT2D eigenvalue weighted by Gasteiger charge is 2.13. The van der Waals surface area contributed by atoms with E-state index in [0.717, 1.165) is 30.0 Å². The predicted molar refractivity (Wildman–Crippen MR) is 99.6 cm³/mol. The number of hydrogen-bond donors (Lipinski definition) is 0. The average Bonchev–Trinajstić information content (AvgIpc) is 2.50. The van der Waals surface area contributed by atoms with Crippen molar-refractivity contribution in [2.75, 3.05) is 7.11 Å². The Balaban J connectivity index is 2.29. The van der Waals surface area contributed by atoms with Gasteiger partial charge in [-0.1, -0.05) is 6.92 Å². The summed E-state index contributed by atoms with van der Waals surface area (Å²) in [6.07, 6.45) is 0.505. The van der Waals surface area contributed by atoms with Gasteiger partial charge in [-0.3, -0.25) is 4.79 Å². The van der Waals surface area contributed by atoms with Crippen molar-refractivity contribution >= 4 is 51.0 Å². The number of benzene rings is 2. The lowest BCUT2D eigenvalue weighted by atomic mass is 10.1. The molecular weight excluding hydrogens is 494 g/mol. The number of methoxy groups -OCH3 is 1. The van der Waals surface area contributed by atoms with E-state index in [1.165, 1.54) is 0 Å². The number of hydrogen-bond acceptors (Lipinski definition) is 3. The molecule has 0 unspecified atom stereocenters. The molecule has 5 heteroatoms. The minimum Gasteiger partial charge on any atom is -0.497 e. The molecule has 21 heavy (non-hydrogen) atoms. The minimum atomic E-state index is 0.141. The molecule has 0 saturated carbocycles. The summed E-state index contributed by atoms with van der Waals surface area (Å²) in [6, 6.07) is 11.2. The smallest absolute Gasteiger partial charge is 0.162 e. The Morgan fingerprint density at radius 3 is 2.05 bits per heavy atom. The summed E-state index contributed by atoms with van der Waals surface area (Å²) in [4.78, 5) is 11.8. The molecule has 0 amide bonds. The first-order chi connectivity index (χ1) is 10.0.